The number of halogens is 3. The van der Waals surface area contributed by atoms with Crippen molar-refractivity contribution in [3.63, 3.8) is 0 Å². The van der Waals surface area contributed by atoms with Crippen LogP contribution in [0.3, 0.4) is 0 Å². The normalized spacial score (nSPS) is 27.5. The van der Waals surface area contributed by atoms with Crippen molar-refractivity contribution in [2.24, 2.45) is 23.7 Å². The minimum atomic E-state index is -1.75. The second-order valence-corrected chi connectivity index (χ2v) is 15.1. The van der Waals surface area contributed by atoms with E-state index in [2.05, 4.69) is 10.3 Å². The van der Waals surface area contributed by atoms with Crippen molar-refractivity contribution in [1.29, 1.82) is 0 Å². The van der Waals surface area contributed by atoms with E-state index in [-0.39, 0.29) is 30.0 Å². The zero-order valence-electron chi connectivity index (χ0n) is 29.3. The van der Waals surface area contributed by atoms with Gasteiger partial charge >= 0.3 is 0 Å². The zero-order valence-corrected chi connectivity index (χ0v) is 30.1. The topological polar surface area (TPSA) is 119 Å². The Morgan fingerprint density at radius 3 is 2.20 bits per heavy atom. The number of hydrogen-bond donors (Lipinski definition) is 2. The maximum Gasteiger partial charge on any atom is 0.260 e. The number of carbonyl (C=O) groups is 4. The summed E-state index contributed by atoms with van der Waals surface area (Å²) in [5.74, 6) is -8.88. The highest BCUT2D eigenvalue weighted by molar-refractivity contribution is 6.30. The highest BCUT2D eigenvalue weighted by Crippen LogP contribution is 2.65. The molecule has 5 aliphatic rings. The van der Waals surface area contributed by atoms with Crippen LogP contribution in [0, 0.1) is 35.3 Å². The summed E-state index contributed by atoms with van der Waals surface area (Å²) >= 11 is 6.33. The van der Waals surface area contributed by atoms with Gasteiger partial charge in [0.15, 0.2) is 11.6 Å². The second-order valence-electron chi connectivity index (χ2n) is 14.7. The van der Waals surface area contributed by atoms with E-state index in [1.165, 1.54) is 41.3 Å². The first kappa shape index (κ1) is 35.1. The van der Waals surface area contributed by atoms with Gasteiger partial charge < -0.3 is 14.7 Å². The van der Waals surface area contributed by atoms with Gasteiger partial charge in [0, 0.05) is 35.3 Å². The molecule has 4 aromatic rings. The largest absolute Gasteiger partial charge is 0.505 e. The summed E-state index contributed by atoms with van der Waals surface area (Å²) in [5, 5.41) is 12.7. The van der Waals surface area contributed by atoms with Crippen LogP contribution in [0.2, 0.25) is 5.02 Å². The molecule has 3 saturated heterocycles. The first-order valence-electron chi connectivity index (χ1n) is 18.2. The summed E-state index contributed by atoms with van der Waals surface area (Å²) in [6.07, 6.45) is 1.98. The van der Waals surface area contributed by atoms with E-state index in [1.807, 2.05) is 18.2 Å². The van der Waals surface area contributed by atoms with Crippen molar-refractivity contribution >= 4 is 52.3 Å². The van der Waals surface area contributed by atoms with Gasteiger partial charge in [0.1, 0.15) is 5.82 Å². The smallest absolute Gasteiger partial charge is 0.260 e. The quantitative estimate of drug-likeness (QED) is 0.172. The molecule has 9 rings (SSSR count). The number of anilines is 3. The highest BCUT2D eigenvalue weighted by Gasteiger charge is 2.70. The molecular formula is C42H35ClF2N4O6. The number of nitrogens with one attached hydrogen (secondary N) is 1. The molecule has 0 unspecified atom stereocenters. The number of para-hydroxylation sites is 1. The minimum absolute atomic E-state index is 0.00277. The van der Waals surface area contributed by atoms with Crippen molar-refractivity contribution in [3.05, 3.63) is 130 Å². The van der Waals surface area contributed by atoms with Crippen molar-refractivity contribution in [1.82, 2.24) is 5.01 Å². The molecule has 4 amide bonds. The molecule has 4 aromatic carbocycles. The number of rotatable bonds is 6. The Morgan fingerprint density at radius 2 is 1.49 bits per heavy atom. The lowest BCUT2D eigenvalue weighted by atomic mass is 9.49. The fourth-order valence-corrected chi connectivity index (χ4v) is 9.78. The van der Waals surface area contributed by atoms with E-state index in [9.17, 15) is 23.9 Å². The van der Waals surface area contributed by atoms with Crippen LogP contribution in [0.4, 0.5) is 25.8 Å². The van der Waals surface area contributed by atoms with E-state index in [0.29, 0.717) is 35.1 Å². The third kappa shape index (κ3) is 5.37. The number of aromatic hydroxyl groups is 1. The zero-order chi connectivity index (χ0) is 38.2. The number of ether oxygens (including phenoxy) is 1. The Kier molecular flexibility index (Phi) is 8.50. The van der Waals surface area contributed by atoms with Gasteiger partial charge in [-0.1, -0.05) is 47.5 Å². The van der Waals surface area contributed by atoms with Crippen molar-refractivity contribution in [2.45, 2.75) is 24.2 Å². The summed E-state index contributed by atoms with van der Waals surface area (Å²) in [7, 11) is 0. The number of nitrogens with zero attached hydrogens (tertiary/aromatic N) is 3. The Morgan fingerprint density at radius 1 is 0.800 bits per heavy atom. The first-order valence-corrected chi connectivity index (χ1v) is 18.6. The van der Waals surface area contributed by atoms with Crippen LogP contribution in [0.15, 0.2) is 103 Å². The van der Waals surface area contributed by atoms with E-state index in [4.69, 9.17) is 16.3 Å². The van der Waals surface area contributed by atoms with Crippen LogP contribution < -0.4 is 15.2 Å². The number of benzene rings is 4. The predicted octanol–water partition coefficient (Wildman–Crippen LogP) is 6.35. The van der Waals surface area contributed by atoms with Gasteiger partial charge in [-0.05, 0) is 91.1 Å². The van der Waals surface area contributed by atoms with Crippen LogP contribution in [0.25, 0.3) is 0 Å². The Bertz CT molecular complexity index is 2260. The third-order valence-corrected chi connectivity index (χ3v) is 12.3. The number of amides is 4. The Labute approximate surface area is 319 Å². The molecule has 4 fully saturated rings. The lowest BCUT2D eigenvalue weighted by Gasteiger charge is -2.50. The standard InChI is InChI=1S/C42H35ClF2N4O6/c43-24-6-4-23(5-7-24)42-33(39(52)49(41(42)54)46-26-10-8-25(44)9-11-26)22-32-29(36(42)31-2-1-3-34(45)37(31)50)16-17-30-35(32)40(53)48(38(30)51)28-14-12-27(13-15-28)47-18-20-55-21-19-47/h1-16,30,32-33,35-36,46,50H,17-22H2/t30-,32+,33-,35-,36+,42+/m0/s1. The first-order chi connectivity index (χ1) is 26.6. The molecule has 2 N–H and O–H groups in total. The van der Waals surface area contributed by atoms with Crippen molar-refractivity contribution in [3.8, 4) is 5.75 Å². The molecule has 0 radical (unpaired) electrons. The number of fused-ring (bicyclic) bond motifs is 4. The number of allylic oxidation sites excluding steroid dienone is 2. The number of hydrogen-bond acceptors (Lipinski definition) is 8. The SMILES string of the molecule is O=C1[C@@H]2C[C@@H]3C(=CC[C@@H]4C(=O)N(c5ccc(N6CCOCC6)cc5)C(=O)[C@@H]43)[C@H](c3cccc(F)c3O)[C@]2(c2ccc(Cl)cc2)C(=O)N1Nc1ccc(F)cc1. The average molecular weight is 765 g/mol. The molecule has 0 bridgehead atoms. The number of morpholine rings is 1. The Balaban J connectivity index is 1.17. The second kappa shape index (κ2) is 13.3. The van der Waals surface area contributed by atoms with E-state index >= 15 is 9.18 Å². The van der Waals surface area contributed by atoms with Gasteiger partial charge in [-0.3, -0.25) is 29.5 Å². The predicted molar refractivity (Wildman–Crippen MR) is 199 cm³/mol. The molecule has 2 aliphatic carbocycles. The molecular weight excluding hydrogens is 730 g/mol. The highest BCUT2D eigenvalue weighted by atomic mass is 35.5. The molecule has 13 heteroatoms. The molecule has 0 aromatic heterocycles. The van der Waals surface area contributed by atoms with Crippen LogP contribution in [0.1, 0.15) is 29.9 Å². The van der Waals surface area contributed by atoms with Gasteiger partial charge in [0.25, 0.3) is 11.8 Å². The fourth-order valence-electron chi connectivity index (χ4n) is 9.65. The summed E-state index contributed by atoms with van der Waals surface area (Å²) < 4.78 is 34.7. The molecule has 280 valence electrons. The Hall–Kier alpha value is -5.59. The number of phenolic OH excluding ortho intramolecular Hbond substituents is 1. The molecule has 3 aliphatic heterocycles. The van der Waals surface area contributed by atoms with Gasteiger partial charge in [0.2, 0.25) is 11.8 Å². The molecule has 0 spiro atoms. The van der Waals surface area contributed by atoms with E-state index in [1.54, 1.807) is 36.4 Å². The monoisotopic (exact) mass is 764 g/mol. The van der Waals surface area contributed by atoms with E-state index < -0.39 is 70.1 Å². The van der Waals surface area contributed by atoms with Crippen LogP contribution in [-0.4, -0.2) is 60.0 Å². The van der Waals surface area contributed by atoms with Crippen molar-refractivity contribution in [2.75, 3.05) is 41.5 Å². The average Bonchev–Trinajstić information content (AvgIpc) is 3.58. The maximum absolute atomic E-state index is 15.4. The summed E-state index contributed by atoms with van der Waals surface area (Å²) in [5.41, 5.74) is 3.77. The number of phenols is 1. The minimum Gasteiger partial charge on any atom is -0.505 e. The molecule has 6 atom stereocenters. The van der Waals surface area contributed by atoms with Crippen LogP contribution >= 0.6 is 11.6 Å². The molecule has 3 heterocycles. The fraction of sp³-hybridized carbons (Fsp3) is 0.286. The summed E-state index contributed by atoms with van der Waals surface area (Å²) in [6.45, 7) is 2.65. The van der Waals surface area contributed by atoms with Gasteiger partial charge in [-0.25, -0.2) is 8.78 Å². The number of carbonyl (C=O) groups excluding carboxylic acids is 4. The van der Waals surface area contributed by atoms with Crippen LogP contribution in [-0.2, 0) is 29.3 Å². The van der Waals surface area contributed by atoms with Crippen molar-refractivity contribution < 1.29 is 37.8 Å². The molecule has 1 saturated carbocycles. The van der Waals surface area contributed by atoms with Gasteiger partial charge in [0.05, 0.1) is 47.8 Å². The molecule has 10 nitrogen and oxygen atoms in total. The van der Waals surface area contributed by atoms with Gasteiger partial charge in [-0.2, -0.15) is 5.01 Å². The summed E-state index contributed by atoms with van der Waals surface area (Å²) in [4.78, 5) is 62.2. The number of imide groups is 2. The van der Waals surface area contributed by atoms with Gasteiger partial charge in [-0.15, -0.1) is 0 Å². The van der Waals surface area contributed by atoms with Crippen LogP contribution in [0.5, 0.6) is 5.75 Å². The third-order valence-electron chi connectivity index (χ3n) is 12.1. The maximum atomic E-state index is 15.4. The lowest BCUT2D eigenvalue weighted by molar-refractivity contribution is -0.138. The lowest BCUT2D eigenvalue weighted by Crippen LogP contribution is -2.53. The number of hydrazine groups is 1. The summed E-state index contributed by atoms with van der Waals surface area (Å²) in [6, 6.07) is 22.9. The molecule has 55 heavy (non-hydrogen) atoms. The van der Waals surface area contributed by atoms with E-state index in [0.717, 1.165) is 29.9 Å².